The number of aromatic nitrogens is 3. The minimum Gasteiger partial charge on any atom is -0.490 e. The number of anilines is 1. The van der Waals surface area contributed by atoms with Crippen LogP contribution in [0.15, 0.2) is 24.5 Å². The lowest BCUT2D eigenvalue weighted by Gasteiger charge is -2.13. The maximum Gasteiger partial charge on any atom is 0.311 e. The van der Waals surface area contributed by atoms with E-state index in [9.17, 15) is 10.1 Å². The first-order valence-corrected chi connectivity index (χ1v) is 5.56. The van der Waals surface area contributed by atoms with Crippen LogP contribution in [0.4, 0.5) is 11.4 Å². The second kappa shape index (κ2) is 5.34. The maximum absolute atomic E-state index is 10.8. The third-order valence-electron chi connectivity index (χ3n) is 2.60. The van der Waals surface area contributed by atoms with Crippen molar-refractivity contribution in [2.24, 2.45) is 0 Å². The van der Waals surface area contributed by atoms with E-state index in [1.165, 1.54) is 19.5 Å². The number of nitro benzene ring substituents is 1. The van der Waals surface area contributed by atoms with Gasteiger partial charge in [-0.15, -0.1) is 0 Å². The van der Waals surface area contributed by atoms with Crippen molar-refractivity contribution < 1.29 is 9.66 Å². The van der Waals surface area contributed by atoms with Crippen LogP contribution in [0.1, 0.15) is 18.8 Å². The zero-order valence-corrected chi connectivity index (χ0v) is 10.5. The van der Waals surface area contributed by atoms with E-state index >= 15 is 0 Å². The van der Waals surface area contributed by atoms with Crippen molar-refractivity contribution in [1.82, 2.24) is 15.2 Å². The zero-order valence-electron chi connectivity index (χ0n) is 10.5. The van der Waals surface area contributed by atoms with E-state index in [4.69, 9.17) is 4.74 Å². The van der Waals surface area contributed by atoms with E-state index in [-0.39, 0.29) is 17.5 Å². The van der Waals surface area contributed by atoms with E-state index in [1.54, 1.807) is 12.1 Å². The smallest absolute Gasteiger partial charge is 0.311 e. The Labute approximate surface area is 109 Å². The van der Waals surface area contributed by atoms with Crippen molar-refractivity contribution in [2.45, 2.75) is 13.0 Å². The number of methoxy groups -OCH3 is 1. The molecule has 2 rings (SSSR count). The summed E-state index contributed by atoms with van der Waals surface area (Å²) < 4.78 is 5.00. The quantitative estimate of drug-likeness (QED) is 0.630. The van der Waals surface area contributed by atoms with Crippen LogP contribution in [0.5, 0.6) is 5.75 Å². The fraction of sp³-hybridized carbons (Fsp3) is 0.273. The highest BCUT2D eigenvalue weighted by Crippen LogP contribution is 2.30. The van der Waals surface area contributed by atoms with Gasteiger partial charge in [-0.2, -0.15) is 5.10 Å². The van der Waals surface area contributed by atoms with Crippen molar-refractivity contribution in [3.05, 3.63) is 40.5 Å². The Hall–Kier alpha value is -2.64. The molecule has 0 aliphatic heterocycles. The van der Waals surface area contributed by atoms with Gasteiger partial charge in [-0.1, -0.05) is 0 Å². The third kappa shape index (κ3) is 2.79. The minimum absolute atomic E-state index is 0.0691. The number of nitrogens with one attached hydrogen (secondary N) is 2. The molecule has 1 heterocycles. The van der Waals surface area contributed by atoms with Gasteiger partial charge in [0.25, 0.3) is 0 Å². The summed E-state index contributed by atoms with van der Waals surface area (Å²) in [6.07, 6.45) is 1.42. The number of benzene rings is 1. The normalized spacial score (nSPS) is 11.9. The van der Waals surface area contributed by atoms with Crippen LogP contribution in [-0.4, -0.2) is 27.2 Å². The molecule has 0 spiro atoms. The van der Waals surface area contributed by atoms with Gasteiger partial charge in [0.05, 0.1) is 18.1 Å². The van der Waals surface area contributed by atoms with Crippen molar-refractivity contribution >= 4 is 11.4 Å². The van der Waals surface area contributed by atoms with E-state index in [2.05, 4.69) is 20.5 Å². The summed E-state index contributed by atoms with van der Waals surface area (Å²) in [5, 5.41) is 20.4. The van der Waals surface area contributed by atoms with Crippen LogP contribution in [0, 0.1) is 10.1 Å². The zero-order chi connectivity index (χ0) is 13.8. The molecule has 0 aliphatic carbocycles. The van der Waals surface area contributed by atoms with Crippen LogP contribution >= 0.6 is 0 Å². The van der Waals surface area contributed by atoms with Crippen molar-refractivity contribution in [3.63, 3.8) is 0 Å². The Bertz CT molecular complexity index is 570. The minimum atomic E-state index is -0.484. The summed E-state index contributed by atoms with van der Waals surface area (Å²) in [6.45, 7) is 1.90. The summed E-state index contributed by atoms with van der Waals surface area (Å²) in [5.41, 5.74) is 0.631. The second-order valence-electron chi connectivity index (χ2n) is 3.88. The van der Waals surface area contributed by atoms with Gasteiger partial charge in [0, 0.05) is 17.8 Å². The number of nitro groups is 1. The number of hydrogen-bond donors (Lipinski definition) is 2. The van der Waals surface area contributed by atoms with Crippen LogP contribution in [0.25, 0.3) is 0 Å². The predicted octanol–water partition coefficient (Wildman–Crippen LogP) is 1.89. The molecule has 100 valence electrons. The van der Waals surface area contributed by atoms with E-state index in [0.29, 0.717) is 11.5 Å². The fourth-order valence-corrected chi connectivity index (χ4v) is 1.66. The summed E-state index contributed by atoms with van der Waals surface area (Å²) in [4.78, 5) is 14.3. The predicted molar refractivity (Wildman–Crippen MR) is 68.1 cm³/mol. The lowest BCUT2D eigenvalue weighted by atomic mass is 10.2. The molecular weight excluding hydrogens is 250 g/mol. The lowest BCUT2D eigenvalue weighted by molar-refractivity contribution is -0.385. The topological polar surface area (TPSA) is 106 Å². The van der Waals surface area contributed by atoms with Gasteiger partial charge in [0.1, 0.15) is 12.2 Å². The highest BCUT2D eigenvalue weighted by Gasteiger charge is 2.16. The molecular formula is C11H13N5O3. The Kier molecular flexibility index (Phi) is 3.60. The van der Waals surface area contributed by atoms with Gasteiger partial charge < -0.3 is 10.1 Å². The molecule has 0 aliphatic rings. The number of rotatable bonds is 5. The SMILES string of the molecule is COc1cc(NC(C)c2ncn[nH]2)ccc1[N+](=O)[O-]. The van der Waals surface area contributed by atoms with Gasteiger partial charge in [-0.05, 0) is 13.0 Å². The third-order valence-corrected chi connectivity index (χ3v) is 2.60. The molecule has 8 heteroatoms. The van der Waals surface area contributed by atoms with Gasteiger partial charge in [-0.25, -0.2) is 4.98 Å². The number of ether oxygens (including phenoxy) is 1. The maximum atomic E-state index is 10.8. The number of aromatic amines is 1. The Balaban J connectivity index is 2.20. The van der Waals surface area contributed by atoms with Crippen molar-refractivity contribution in [3.8, 4) is 5.75 Å². The van der Waals surface area contributed by atoms with Crippen LogP contribution in [0.3, 0.4) is 0 Å². The van der Waals surface area contributed by atoms with Crippen LogP contribution in [-0.2, 0) is 0 Å². The summed E-state index contributed by atoms with van der Waals surface area (Å²) in [7, 11) is 1.39. The summed E-state index contributed by atoms with van der Waals surface area (Å²) in [5.74, 6) is 0.886. The molecule has 1 aromatic carbocycles. The average Bonchev–Trinajstić information content (AvgIpc) is 2.92. The van der Waals surface area contributed by atoms with Crippen molar-refractivity contribution in [2.75, 3.05) is 12.4 Å². The number of hydrogen-bond acceptors (Lipinski definition) is 6. The van der Waals surface area contributed by atoms with E-state index < -0.39 is 4.92 Å². The highest BCUT2D eigenvalue weighted by atomic mass is 16.6. The first-order valence-electron chi connectivity index (χ1n) is 5.56. The monoisotopic (exact) mass is 263 g/mol. The molecule has 1 unspecified atom stereocenters. The molecule has 1 aromatic heterocycles. The van der Waals surface area contributed by atoms with Crippen molar-refractivity contribution in [1.29, 1.82) is 0 Å². The van der Waals surface area contributed by atoms with Gasteiger partial charge in [-0.3, -0.25) is 15.2 Å². The average molecular weight is 263 g/mol. The molecule has 2 aromatic rings. The van der Waals surface area contributed by atoms with Crippen LogP contribution in [0.2, 0.25) is 0 Å². The standard InChI is InChI=1S/C11H13N5O3/c1-7(11-12-6-13-15-11)14-8-3-4-9(16(17)18)10(5-8)19-2/h3-7,14H,1-2H3,(H,12,13,15). The Morgan fingerprint density at radius 1 is 1.53 bits per heavy atom. The Morgan fingerprint density at radius 2 is 2.32 bits per heavy atom. The lowest BCUT2D eigenvalue weighted by Crippen LogP contribution is -2.08. The van der Waals surface area contributed by atoms with E-state index in [1.807, 2.05) is 6.92 Å². The summed E-state index contributed by atoms with van der Waals surface area (Å²) in [6, 6.07) is 4.49. The largest absolute Gasteiger partial charge is 0.490 e. The first-order chi connectivity index (χ1) is 9.11. The first kappa shape index (κ1) is 12.8. The number of H-pyrrole nitrogens is 1. The molecule has 19 heavy (non-hydrogen) atoms. The molecule has 0 radical (unpaired) electrons. The highest BCUT2D eigenvalue weighted by molar-refractivity contribution is 5.58. The van der Waals surface area contributed by atoms with Gasteiger partial charge >= 0.3 is 5.69 Å². The molecule has 0 fully saturated rings. The molecule has 2 N–H and O–H groups in total. The molecule has 8 nitrogen and oxygen atoms in total. The molecule has 0 saturated heterocycles. The Morgan fingerprint density at radius 3 is 2.89 bits per heavy atom. The van der Waals surface area contributed by atoms with Gasteiger partial charge in [0.2, 0.25) is 0 Å². The molecule has 0 saturated carbocycles. The summed E-state index contributed by atoms with van der Waals surface area (Å²) >= 11 is 0. The second-order valence-corrected chi connectivity index (χ2v) is 3.88. The van der Waals surface area contributed by atoms with E-state index in [0.717, 1.165) is 0 Å². The molecule has 0 bridgehead atoms. The molecule has 1 atom stereocenters. The molecule has 0 amide bonds. The van der Waals surface area contributed by atoms with Gasteiger partial charge in [0.15, 0.2) is 5.75 Å². The number of nitrogens with zero attached hydrogens (tertiary/aromatic N) is 3. The van der Waals surface area contributed by atoms with Crippen LogP contribution < -0.4 is 10.1 Å². The fourth-order valence-electron chi connectivity index (χ4n) is 1.66.